The van der Waals surface area contributed by atoms with E-state index >= 15 is 0 Å². The monoisotopic (exact) mass is 412 g/mol. The summed E-state index contributed by atoms with van der Waals surface area (Å²) in [4.78, 5) is 11.9. The quantitative estimate of drug-likeness (QED) is 0.440. The van der Waals surface area contributed by atoms with E-state index in [0.717, 1.165) is 30.4 Å². The second-order valence-electron chi connectivity index (χ2n) is 4.90. The van der Waals surface area contributed by atoms with Crippen molar-refractivity contribution < 1.29 is 30.7 Å². The van der Waals surface area contributed by atoms with Gasteiger partial charge < -0.3 is 0 Å². The standard InChI is InChI=1S/C13H10Cl2O7S2/c14-13(15)5-4-9(7-11(13)24(20,21)22)12(16)8-2-1-3-10(6-8)23(17,18)19/h1-7,11H,(H,17,18,19)(H,20,21,22). The van der Waals surface area contributed by atoms with Gasteiger partial charge in [0.15, 0.2) is 10.1 Å². The number of carbonyl (C=O) groups excluding carboxylic acids is 1. The third-order valence-corrected chi connectivity index (χ3v) is 6.15. The fourth-order valence-electron chi connectivity index (χ4n) is 2.03. The molecule has 1 aliphatic rings. The Bertz CT molecular complexity index is 960. The van der Waals surface area contributed by atoms with Crippen LogP contribution in [-0.2, 0) is 20.2 Å². The number of hydrogen-bond donors (Lipinski definition) is 2. The molecule has 0 saturated carbocycles. The van der Waals surface area contributed by atoms with Crippen molar-refractivity contribution in [3.8, 4) is 0 Å². The first-order valence-electron chi connectivity index (χ1n) is 6.20. The second-order valence-corrected chi connectivity index (χ2v) is 9.30. The van der Waals surface area contributed by atoms with Crippen molar-refractivity contribution in [2.75, 3.05) is 0 Å². The van der Waals surface area contributed by atoms with Crippen molar-refractivity contribution >= 4 is 49.2 Å². The highest BCUT2D eigenvalue weighted by molar-refractivity contribution is 7.87. The number of ketones is 1. The van der Waals surface area contributed by atoms with Crippen molar-refractivity contribution in [1.82, 2.24) is 0 Å². The number of halogens is 2. The summed E-state index contributed by atoms with van der Waals surface area (Å²) < 4.78 is 61.2. The van der Waals surface area contributed by atoms with E-state index in [-0.39, 0.29) is 11.1 Å². The van der Waals surface area contributed by atoms with E-state index in [0.29, 0.717) is 0 Å². The summed E-state index contributed by atoms with van der Waals surface area (Å²) in [7, 11) is -9.20. The number of carbonyl (C=O) groups is 1. The zero-order valence-electron chi connectivity index (χ0n) is 11.6. The van der Waals surface area contributed by atoms with Crippen LogP contribution in [0, 0.1) is 0 Å². The van der Waals surface area contributed by atoms with Crippen LogP contribution in [0.5, 0.6) is 0 Å². The van der Waals surface area contributed by atoms with Crippen molar-refractivity contribution in [3.05, 3.63) is 53.6 Å². The topological polar surface area (TPSA) is 126 Å². The van der Waals surface area contributed by atoms with Crippen molar-refractivity contribution in [3.63, 3.8) is 0 Å². The SMILES string of the molecule is O=C(C1=CC(S(=O)(=O)O)C(Cl)(Cl)C=C1)c1cccc(S(=O)(=O)O)c1. The fraction of sp³-hybridized carbons (Fsp3) is 0.154. The molecule has 1 atom stereocenters. The van der Waals surface area contributed by atoms with Crippen molar-refractivity contribution in [1.29, 1.82) is 0 Å². The van der Waals surface area contributed by atoms with E-state index < -0.39 is 40.5 Å². The lowest BCUT2D eigenvalue weighted by molar-refractivity contribution is 0.103. The molecule has 1 unspecified atom stereocenters. The summed E-state index contributed by atoms with van der Waals surface area (Å²) in [5.41, 5.74) is -0.284. The van der Waals surface area contributed by atoms with Crippen LogP contribution in [0.4, 0.5) is 0 Å². The summed E-state index contributed by atoms with van der Waals surface area (Å²) in [6.07, 6.45) is 3.05. The summed E-state index contributed by atoms with van der Waals surface area (Å²) >= 11 is 11.6. The summed E-state index contributed by atoms with van der Waals surface area (Å²) in [6, 6.07) is 4.52. The number of benzene rings is 1. The molecule has 2 rings (SSSR count). The highest BCUT2D eigenvalue weighted by atomic mass is 35.5. The fourth-order valence-corrected chi connectivity index (χ4v) is 4.27. The lowest BCUT2D eigenvalue weighted by atomic mass is 9.98. The number of Topliss-reactive ketones (excluding diaryl/α,β-unsaturated/α-hetero) is 1. The van der Waals surface area contributed by atoms with Crippen LogP contribution in [0.1, 0.15) is 10.4 Å². The minimum Gasteiger partial charge on any atom is -0.289 e. The van der Waals surface area contributed by atoms with Crippen LogP contribution < -0.4 is 0 Å². The maximum Gasteiger partial charge on any atom is 0.294 e. The van der Waals surface area contributed by atoms with Crippen LogP contribution in [0.3, 0.4) is 0 Å². The van der Waals surface area contributed by atoms with Crippen LogP contribution in [0.25, 0.3) is 0 Å². The molecule has 130 valence electrons. The van der Waals surface area contributed by atoms with Crippen LogP contribution >= 0.6 is 23.2 Å². The average molecular weight is 413 g/mol. The Morgan fingerprint density at radius 3 is 2.29 bits per heavy atom. The molecule has 0 heterocycles. The molecule has 1 aromatic carbocycles. The van der Waals surface area contributed by atoms with Gasteiger partial charge in [-0.25, -0.2) is 0 Å². The Labute approximate surface area is 148 Å². The van der Waals surface area contributed by atoms with E-state index in [1.54, 1.807) is 0 Å². The zero-order valence-corrected chi connectivity index (χ0v) is 14.8. The first kappa shape index (κ1) is 19.1. The molecular formula is C13H10Cl2O7S2. The van der Waals surface area contributed by atoms with E-state index in [1.165, 1.54) is 12.1 Å². The number of rotatable bonds is 4. The highest BCUT2D eigenvalue weighted by Gasteiger charge is 2.42. The van der Waals surface area contributed by atoms with Gasteiger partial charge in [-0.3, -0.25) is 13.9 Å². The third kappa shape index (κ3) is 4.05. The van der Waals surface area contributed by atoms with E-state index in [4.69, 9.17) is 27.8 Å². The molecule has 24 heavy (non-hydrogen) atoms. The van der Waals surface area contributed by atoms with E-state index in [9.17, 15) is 26.2 Å². The Morgan fingerprint density at radius 1 is 1.12 bits per heavy atom. The molecule has 1 aliphatic carbocycles. The minimum absolute atomic E-state index is 0.119. The van der Waals surface area contributed by atoms with Gasteiger partial charge in [0.25, 0.3) is 20.2 Å². The molecule has 0 fully saturated rings. The maximum absolute atomic E-state index is 12.4. The van der Waals surface area contributed by atoms with Gasteiger partial charge in [0, 0.05) is 11.1 Å². The Balaban J connectivity index is 2.48. The Kier molecular flexibility index (Phi) is 4.97. The minimum atomic E-state index is -4.69. The van der Waals surface area contributed by atoms with E-state index in [1.807, 2.05) is 0 Å². The smallest absolute Gasteiger partial charge is 0.289 e. The van der Waals surface area contributed by atoms with Crippen LogP contribution in [0.2, 0.25) is 0 Å². The van der Waals surface area contributed by atoms with Crippen LogP contribution in [0.15, 0.2) is 53.0 Å². The third-order valence-electron chi connectivity index (χ3n) is 3.17. The summed E-state index contributed by atoms with van der Waals surface area (Å²) in [6.45, 7) is 0. The number of alkyl halides is 2. The largest absolute Gasteiger partial charge is 0.294 e. The maximum atomic E-state index is 12.4. The predicted molar refractivity (Wildman–Crippen MR) is 87.6 cm³/mol. The zero-order chi connectivity index (χ0) is 18.3. The molecule has 7 nitrogen and oxygen atoms in total. The highest BCUT2D eigenvalue weighted by Crippen LogP contribution is 2.36. The molecular weight excluding hydrogens is 403 g/mol. The molecule has 0 aromatic heterocycles. The van der Waals surface area contributed by atoms with E-state index in [2.05, 4.69) is 0 Å². The first-order valence-corrected chi connectivity index (χ1v) is 9.90. The number of hydrogen-bond acceptors (Lipinski definition) is 5. The van der Waals surface area contributed by atoms with Gasteiger partial charge >= 0.3 is 0 Å². The Hall–Kier alpha value is -1.23. The molecule has 11 heteroatoms. The molecule has 1 aromatic rings. The predicted octanol–water partition coefficient (Wildman–Crippen LogP) is 2.04. The molecule has 0 bridgehead atoms. The Morgan fingerprint density at radius 2 is 1.75 bits per heavy atom. The van der Waals surface area contributed by atoms with Crippen LogP contribution in [-0.4, -0.2) is 41.3 Å². The van der Waals surface area contributed by atoms with Gasteiger partial charge in [-0.1, -0.05) is 41.4 Å². The van der Waals surface area contributed by atoms with Gasteiger partial charge in [0.1, 0.15) is 5.25 Å². The van der Waals surface area contributed by atoms with Gasteiger partial charge in [-0.2, -0.15) is 16.8 Å². The molecule has 0 radical (unpaired) electrons. The lowest BCUT2D eigenvalue weighted by Crippen LogP contribution is -2.37. The summed E-state index contributed by atoms with van der Waals surface area (Å²) in [5.74, 6) is -0.741. The molecule has 0 spiro atoms. The molecule has 2 N–H and O–H groups in total. The van der Waals surface area contributed by atoms with Gasteiger partial charge in [0.2, 0.25) is 0 Å². The lowest BCUT2D eigenvalue weighted by Gasteiger charge is -2.25. The van der Waals surface area contributed by atoms with Gasteiger partial charge in [-0.05, 0) is 24.3 Å². The summed E-state index contributed by atoms with van der Waals surface area (Å²) in [5, 5.41) is -1.78. The van der Waals surface area contributed by atoms with Crippen molar-refractivity contribution in [2.24, 2.45) is 0 Å². The van der Waals surface area contributed by atoms with Gasteiger partial charge in [0.05, 0.1) is 4.90 Å². The molecule has 0 aliphatic heterocycles. The van der Waals surface area contributed by atoms with Crippen molar-refractivity contribution in [2.45, 2.75) is 14.5 Å². The number of allylic oxidation sites excluding steroid dienone is 3. The normalized spacial score (nSPS) is 20.5. The molecule has 0 amide bonds. The first-order chi connectivity index (χ1) is 10.8. The van der Waals surface area contributed by atoms with Gasteiger partial charge in [-0.15, -0.1) is 0 Å². The molecule has 0 saturated heterocycles. The average Bonchev–Trinajstić information content (AvgIpc) is 2.44. The second kappa shape index (κ2) is 6.25.